The Morgan fingerprint density at radius 3 is 2.23 bits per heavy atom. The number of rotatable bonds is 2. The van der Waals surface area contributed by atoms with E-state index in [9.17, 15) is 25.2 Å². The van der Waals surface area contributed by atoms with E-state index < -0.39 is 29.0 Å². The summed E-state index contributed by atoms with van der Waals surface area (Å²) >= 11 is 0. The molecule has 5 nitrogen and oxygen atoms in total. The number of aliphatic hydroxyl groups is 3. The minimum Gasteiger partial charge on any atom is -0.481 e. The lowest BCUT2D eigenvalue weighted by Gasteiger charge is -2.71. The van der Waals surface area contributed by atoms with Crippen LogP contribution in [0.5, 0.6) is 0 Å². The van der Waals surface area contributed by atoms with E-state index in [1.807, 2.05) is 0 Å². The second-order valence-electron chi connectivity index (χ2n) is 14.9. The van der Waals surface area contributed by atoms with E-state index in [0.717, 1.165) is 44.9 Å². The van der Waals surface area contributed by atoms with Gasteiger partial charge in [0.1, 0.15) is 0 Å². The van der Waals surface area contributed by atoms with Crippen LogP contribution in [-0.2, 0) is 4.79 Å². The number of carbonyl (C=O) groups is 1. The fraction of sp³-hybridized carbons (Fsp3) is 0.900. The molecule has 0 spiro atoms. The van der Waals surface area contributed by atoms with Gasteiger partial charge in [0.15, 0.2) is 0 Å². The molecule has 0 aromatic rings. The summed E-state index contributed by atoms with van der Waals surface area (Å²) in [5.41, 5.74) is 0.00866. The molecular formula is C30H48O5. The number of hydrogen-bond acceptors (Lipinski definition) is 4. The van der Waals surface area contributed by atoms with Crippen molar-refractivity contribution in [2.45, 2.75) is 112 Å². The third-order valence-corrected chi connectivity index (χ3v) is 13.6. The Kier molecular flexibility index (Phi) is 5.56. The molecule has 35 heavy (non-hydrogen) atoms. The van der Waals surface area contributed by atoms with Crippen LogP contribution in [0.3, 0.4) is 0 Å². The lowest BCUT2D eigenvalue weighted by atomic mass is 9.33. The van der Waals surface area contributed by atoms with Gasteiger partial charge in [-0.3, -0.25) is 4.79 Å². The standard InChI is InChI=1S/C30H48O5/c1-25-13-14-29(5)18(19(25)15-27(3,24(34)35)23(33)16-25)7-8-21-26(2)11-10-22(32)28(4,17-31)20(26)9-12-30(21,29)6/h7,19-23,31-33H,8-17H2,1-6H3,(H,34,35)/t19-,20+,21-,22-,23-,25+,26-,27+,28-,29-,30-/m1/s1. The molecule has 0 radical (unpaired) electrons. The zero-order valence-electron chi connectivity index (χ0n) is 22.7. The van der Waals surface area contributed by atoms with Crippen LogP contribution in [0.15, 0.2) is 11.6 Å². The highest BCUT2D eigenvalue weighted by Gasteiger charge is 2.69. The molecule has 4 saturated carbocycles. The smallest absolute Gasteiger partial charge is 0.312 e. The molecule has 0 unspecified atom stereocenters. The molecule has 5 aliphatic rings. The van der Waals surface area contributed by atoms with Gasteiger partial charge in [0.05, 0.1) is 24.2 Å². The van der Waals surface area contributed by atoms with Crippen LogP contribution in [0, 0.1) is 50.2 Å². The molecule has 0 aromatic carbocycles. The van der Waals surface area contributed by atoms with Gasteiger partial charge in [-0.05, 0) is 104 Å². The van der Waals surface area contributed by atoms with Gasteiger partial charge in [-0.15, -0.1) is 0 Å². The third-order valence-electron chi connectivity index (χ3n) is 13.6. The van der Waals surface area contributed by atoms with E-state index in [1.54, 1.807) is 6.92 Å². The predicted octanol–water partition coefficient (Wildman–Crippen LogP) is 5.18. The Morgan fingerprint density at radius 1 is 0.914 bits per heavy atom. The van der Waals surface area contributed by atoms with Crippen molar-refractivity contribution in [3.8, 4) is 0 Å². The van der Waals surface area contributed by atoms with E-state index in [2.05, 4.69) is 40.7 Å². The second kappa shape index (κ2) is 7.57. The first-order valence-corrected chi connectivity index (χ1v) is 14.0. The molecule has 5 heteroatoms. The molecule has 0 saturated heterocycles. The van der Waals surface area contributed by atoms with Crippen LogP contribution in [0.4, 0.5) is 0 Å². The molecule has 0 bridgehead atoms. The maximum Gasteiger partial charge on any atom is 0.312 e. The Morgan fingerprint density at radius 2 is 1.60 bits per heavy atom. The molecule has 0 aliphatic heterocycles. The molecule has 4 N–H and O–H groups in total. The quantitative estimate of drug-likeness (QED) is 0.402. The minimum atomic E-state index is -1.10. The highest BCUT2D eigenvalue weighted by Crippen LogP contribution is 2.75. The van der Waals surface area contributed by atoms with Crippen LogP contribution >= 0.6 is 0 Å². The number of aliphatic carboxylic acids is 1. The molecular weight excluding hydrogens is 440 g/mol. The lowest BCUT2D eigenvalue weighted by molar-refractivity contribution is -0.217. The molecule has 0 amide bonds. The molecule has 5 rings (SSSR count). The molecule has 4 fully saturated rings. The summed E-state index contributed by atoms with van der Waals surface area (Å²) < 4.78 is 0. The first kappa shape index (κ1) is 25.7. The number of fused-ring (bicyclic) bond motifs is 7. The van der Waals surface area contributed by atoms with Crippen molar-refractivity contribution in [3.63, 3.8) is 0 Å². The maximum absolute atomic E-state index is 12.3. The van der Waals surface area contributed by atoms with Crippen molar-refractivity contribution in [2.75, 3.05) is 6.61 Å². The third kappa shape index (κ3) is 3.01. The van der Waals surface area contributed by atoms with Gasteiger partial charge < -0.3 is 20.4 Å². The molecule has 0 heterocycles. The summed E-state index contributed by atoms with van der Waals surface area (Å²) in [6.07, 6.45) is 9.24. The van der Waals surface area contributed by atoms with Gasteiger partial charge in [-0.1, -0.05) is 46.3 Å². The molecule has 11 atom stereocenters. The van der Waals surface area contributed by atoms with Crippen LogP contribution in [0.2, 0.25) is 0 Å². The zero-order valence-corrected chi connectivity index (χ0v) is 22.7. The fourth-order valence-corrected chi connectivity index (χ4v) is 10.7. The van der Waals surface area contributed by atoms with Gasteiger partial charge in [-0.25, -0.2) is 0 Å². The Bertz CT molecular complexity index is 945. The Balaban J connectivity index is 1.57. The van der Waals surface area contributed by atoms with Gasteiger partial charge >= 0.3 is 5.97 Å². The number of hydrogen-bond donors (Lipinski definition) is 4. The minimum absolute atomic E-state index is 0.00145. The van der Waals surface area contributed by atoms with Gasteiger partial charge in [0.25, 0.3) is 0 Å². The molecule has 0 aromatic heterocycles. The maximum atomic E-state index is 12.3. The van der Waals surface area contributed by atoms with Crippen molar-refractivity contribution < 1.29 is 25.2 Å². The lowest BCUT2D eigenvalue weighted by Crippen LogP contribution is -2.66. The number of allylic oxidation sites excluding steroid dienone is 2. The summed E-state index contributed by atoms with van der Waals surface area (Å²) in [6, 6.07) is 0. The van der Waals surface area contributed by atoms with Crippen molar-refractivity contribution in [2.24, 2.45) is 50.2 Å². The van der Waals surface area contributed by atoms with Crippen molar-refractivity contribution in [1.82, 2.24) is 0 Å². The summed E-state index contributed by atoms with van der Waals surface area (Å²) in [5, 5.41) is 42.3. The van der Waals surface area contributed by atoms with E-state index >= 15 is 0 Å². The number of carboxylic acids is 1. The van der Waals surface area contributed by atoms with Gasteiger partial charge in [0, 0.05) is 5.41 Å². The second-order valence-corrected chi connectivity index (χ2v) is 14.9. The van der Waals surface area contributed by atoms with E-state index in [4.69, 9.17) is 0 Å². The van der Waals surface area contributed by atoms with Crippen molar-refractivity contribution in [3.05, 3.63) is 11.6 Å². The first-order chi connectivity index (χ1) is 16.1. The van der Waals surface area contributed by atoms with Gasteiger partial charge in [0.2, 0.25) is 0 Å². The summed E-state index contributed by atoms with van der Waals surface area (Å²) in [4.78, 5) is 12.3. The normalized spacial score (nSPS) is 57.7. The Labute approximate surface area is 211 Å². The molecule has 5 aliphatic carbocycles. The van der Waals surface area contributed by atoms with Crippen LogP contribution in [-0.4, -0.2) is 45.2 Å². The fourth-order valence-electron chi connectivity index (χ4n) is 10.7. The SMILES string of the molecule is C[C@@]12CC[C@]3(C)C(=CC[C@@H]4[C@]5(C)CC[C@@H](O)[C@](C)(CO)[C@H]5CC[C@]43C)[C@H]1C[C@](C)(C(=O)O)[C@H](O)C2. The Hall–Kier alpha value is -0.910. The monoisotopic (exact) mass is 488 g/mol. The van der Waals surface area contributed by atoms with E-state index in [0.29, 0.717) is 24.7 Å². The topological polar surface area (TPSA) is 98.0 Å². The first-order valence-electron chi connectivity index (χ1n) is 14.0. The van der Waals surface area contributed by atoms with Crippen molar-refractivity contribution in [1.29, 1.82) is 0 Å². The zero-order chi connectivity index (χ0) is 25.8. The average Bonchev–Trinajstić information content (AvgIpc) is 2.79. The largest absolute Gasteiger partial charge is 0.481 e. The van der Waals surface area contributed by atoms with Crippen molar-refractivity contribution >= 4 is 5.97 Å². The average molecular weight is 489 g/mol. The summed E-state index contributed by atoms with van der Waals surface area (Å²) in [6.45, 7) is 13.6. The van der Waals surface area contributed by atoms with Crippen LogP contribution in [0.25, 0.3) is 0 Å². The summed E-state index contributed by atoms with van der Waals surface area (Å²) in [5.74, 6) is 0.0847. The van der Waals surface area contributed by atoms with E-state index in [1.165, 1.54) is 5.57 Å². The summed E-state index contributed by atoms with van der Waals surface area (Å²) in [7, 11) is 0. The van der Waals surface area contributed by atoms with Gasteiger partial charge in [-0.2, -0.15) is 0 Å². The number of aliphatic hydroxyl groups excluding tert-OH is 3. The number of carboxylic acid groups (broad SMARTS) is 1. The predicted molar refractivity (Wildman–Crippen MR) is 135 cm³/mol. The highest BCUT2D eigenvalue weighted by molar-refractivity contribution is 5.75. The molecule has 198 valence electrons. The highest BCUT2D eigenvalue weighted by atomic mass is 16.4. The van der Waals surface area contributed by atoms with E-state index in [-0.39, 0.29) is 34.2 Å². The van der Waals surface area contributed by atoms with Crippen LogP contribution in [0.1, 0.15) is 99.3 Å². The van der Waals surface area contributed by atoms with Crippen LogP contribution < -0.4 is 0 Å².